The zero-order chi connectivity index (χ0) is 10.2. The monoisotopic (exact) mass is 256 g/mol. The summed E-state index contributed by atoms with van der Waals surface area (Å²) < 4.78 is 0. The number of carbonyl (C=O) groups excluding carboxylic acids is 1. The molecule has 13 heavy (non-hydrogen) atoms. The van der Waals surface area contributed by atoms with Gasteiger partial charge in [-0.1, -0.05) is 34.8 Å². The standard InChI is InChI=1S/C8H4Cl4O/c1-3-4(8(12)13)2-5(9)7(11)6(3)10/h2H,1H3. The number of benzene rings is 1. The van der Waals surface area contributed by atoms with Crippen LogP contribution in [0, 0.1) is 6.92 Å². The summed E-state index contributed by atoms with van der Waals surface area (Å²) in [6.45, 7) is 1.65. The van der Waals surface area contributed by atoms with Gasteiger partial charge in [0.25, 0.3) is 5.24 Å². The minimum absolute atomic E-state index is 0.223. The van der Waals surface area contributed by atoms with Crippen molar-refractivity contribution in [3.05, 3.63) is 32.3 Å². The van der Waals surface area contributed by atoms with Gasteiger partial charge in [0.05, 0.1) is 15.1 Å². The molecule has 0 N–H and O–H groups in total. The molecule has 0 aliphatic rings. The Morgan fingerprint density at radius 1 is 1.23 bits per heavy atom. The molecule has 0 atom stereocenters. The maximum atomic E-state index is 10.9. The Labute approximate surface area is 95.5 Å². The Bertz CT molecular complexity index is 373. The first-order valence-electron chi connectivity index (χ1n) is 3.29. The van der Waals surface area contributed by atoms with Gasteiger partial charge in [-0.3, -0.25) is 4.79 Å². The molecule has 0 aromatic heterocycles. The highest BCUT2D eigenvalue weighted by atomic mass is 35.5. The van der Waals surface area contributed by atoms with Crippen molar-refractivity contribution in [3.63, 3.8) is 0 Å². The molecule has 1 nitrogen and oxygen atoms in total. The van der Waals surface area contributed by atoms with Crippen molar-refractivity contribution in [1.29, 1.82) is 0 Å². The lowest BCUT2D eigenvalue weighted by Crippen LogP contribution is -1.95. The molecular formula is C8H4Cl4O. The molecule has 70 valence electrons. The highest BCUT2D eigenvalue weighted by Gasteiger charge is 2.14. The molecule has 0 spiro atoms. The van der Waals surface area contributed by atoms with Crippen molar-refractivity contribution in [3.8, 4) is 0 Å². The number of hydrogen-bond acceptors (Lipinski definition) is 1. The average Bonchev–Trinajstić information content (AvgIpc) is 2.07. The molecule has 0 heterocycles. The fourth-order valence-electron chi connectivity index (χ4n) is 0.890. The predicted molar refractivity (Wildman–Crippen MR) is 56.4 cm³/mol. The fourth-order valence-corrected chi connectivity index (χ4v) is 1.74. The van der Waals surface area contributed by atoms with Crippen molar-refractivity contribution in [2.24, 2.45) is 0 Å². The average molecular weight is 258 g/mol. The van der Waals surface area contributed by atoms with E-state index in [4.69, 9.17) is 46.4 Å². The van der Waals surface area contributed by atoms with E-state index in [0.29, 0.717) is 5.56 Å². The van der Waals surface area contributed by atoms with E-state index in [9.17, 15) is 4.79 Å². The van der Waals surface area contributed by atoms with Gasteiger partial charge < -0.3 is 0 Å². The van der Waals surface area contributed by atoms with E-state index in [0.717, 1.165) is 0 Å². The second-order valence-electron chi connectivity index (χ2n) is 2.43. The maximum Gasteiger partial charge on any atom is 0.252 e. The van der Waals surface area contributed by atoms with Crippen molar-refractivity contribution in [1.82, 2.24) is 0 Å². The third-order valence-corrected chi connectivity index (χ3v) is 3.18. The molecule has 1 aromatic carbocycles. The van der Waals surface area contributed by atoms with Crippen LogP contribution in [0.5, 0.6) is 0 Å². The number of carbonyl (C=O) groups is 1. The van der Waals surface area contributed by atoms with Crippen LogP contribution in [-0.2, 0) is 0 Å². The van der Waals surface area contributed by atoms with E-state index in [1.165, 1.54) is 6.07 Å². The first-order valence-corrected chi connectivity index (χ1v) is 4.80. The first-order chi connectivity index (χ1) is 5.95. The molecule has 0 bridgehead atoms. The Morgan fingerprint density at radius 2 is 1.77 bits per heavy atom. The van der Waals surface area contributed by atoms with E-state index in [1.807, 2.05) is 0 Å². The number of rotatable bonds is 1. The van der Waals surface area contributed by atoms with Crippen LogP contribution in [0.1, 0.15) is 15.9 Å². The van der Waals surface area contributed by atoms with Gasteiger partial charge in [0.1, 0.15) is 0 Å². The number of halogens is 4. The zero-order valence-corrected chi connectivity index (χ0v) is 9.52. The molecule has 0 fully saturated rings. The van der Waals surface area contributed by atoms with Crippen molar-refractivity contribution in [2.75, 3.05) is 0 Å². The topological polar surface area (TPSA) is 17.1 Å². The van der Waals surface area contributed by atoms with Gasteiger partial charge in [-0.05, 0) is 30.2 Å². The lowest BCUT2D eigenvalue weighted by Gasteiger charge is -2.06. The summed E-state index contributed by atoms with van der Waals surface area (Å²) in [6, 6.07) is 1.40. The SMILES string of the molecule is Cc1c(C(=O)Cl)cc(Cl)c(Cl)c1Cl. The molecule has 1 aromatic rings. The highest BCUT2D eigenvalue weighted by Crippen LogP contribution is 2.35. The van der Waals surface area contributed by atoms with Gasteiger partial charge >= 0.3 is 0 Å². The Morgan fingerprint density at radius 3 is 2.23 bits per heavy atom. The smallest absolute Gasteiger partial charge is 0.252 e. The van der Waals surface area contributed by atoms with E-state index in [1.54, 1.807) is 6.92 Å². The zero-order valence-electron chi connectivity index (χ0n) is 6.50. The highest BCUT2D eigenvalue weighted by molar-refractivity contribution is 6.68. The lowest BCUT2D eigenvalue weighted by atomic mass is 10.1. The first kappa shape index (κ1) is 11.1. The van der Waals surface area contributed by atoms with E-state index >= 15 is 0 Å². The minimum atomic E-state index is -0.599. The van der Waals surface area contributed by atoms with Crippen LogP contribution in [-0.4, -0.2) is 5.24 Å². The Kier molecular flexibility index (Phi) is 3.47. The molecule has 0 amide bonds. The predicted octanol–water partition coefficient (Wildman–Crippen LogP) is 4.33. The third kappa shape index (κ3) is 2.10. The van der Waals surface area contributed by atoms with Gasteiger partial charge in [-0.2, -0.15) is 0 Å². The minimum Gasteiger partial charge on any atom is -0.276 e. The quantitative estimate of drug-likeness (QED) is 0.541. The molecule has 0 aliphatic heterocycles. The molecule has 5 heteroatoms. The van der Waals surface area contributed by atoms with E-state index in [-0.39, 0.29) is 20.6 Å². The van der Waals surface area contributed by atoms with Crippen LogP contribution in [0.2, 0.25) is 15.1 Å². The van der Waals surface area contributed by atoms with Crippen LogP contribution in [0.3, 0.4) is 0 Å². The summed E-state index contributed by atoms with van der Waals surface area (Å²) in [5, 5.41) is 0.125. The summed E-state index contributed by atoms with van der Waals surface area (Å²) in [5.74, 6) is 0. The largest absolute Gasteiger partial charge is 0.276 e. The molecule has 0 radical (unpaired) electrons. The van der Waals surface area contributed by atoms with Gasteiger partial charge in [0.15, 0.2) is 0 Å². The van der Waals surface area contributed by atoms with Crippen molar-refractivity contribution in [2.45, 2.75) is 6.92 Å². The van der Waals surface area contributed by atoms with Crippen LogP contribution in [0.15, 0.2) is 6.07 Å². The van der Waals surface area contributed by atoms with Gasteiger partial charge in [0, 0.05) is 5.56 Å². The van der Waals surface area contributed by atoms with Crippen molar-refractivity contribution < 1.29 is 4.79 Å². The molecular weight excluding hydrogens is 254 g/mol. The van der Waals surface area contributed by atoms with E-state index in [2.05, 4.69) is 0 Å². The molecule has 0 aliphatic carbocycles. The summed E-state index contributed by atoms with van der Waals surface area (Å²) in [6.07, 6.45) is 0. The van der Waals surface area contributed by atoms with Crippen LogP contribution >= 0.6 is 46.4 Å². The summed E-state index contributed by atoms with van der Waals surface area (Å²) >= 11 is 22.6. The maximum absolute atomic E-state index is 10.9. The summed E-state index contributed by atoms with van der Waals surface area (Å²) in [7, 11) is 0. The molecule has 0 saturated carbocycles. The summed E-state index contributed by atoms with van der Waals surface area (Å²) in [5.41, 5.74) is 0.817. The summed E-state index contributed by atoms with van der Waals surface area (Å²) in [4.78, 5) is 10.9. The Balaban J connectivity index is 3.50. The van der Waals surface area contributed by atoms with Gasteiger partial charge in [-0.25, -0.2) is 0 Å². The molecule has 0 unspecified atom stereocenters. The van der Waals surface area contributed by atoms with Gasteiger partial charge in [-0.15, -0.1) is 0 Å². The molecule has 1 rings (SSSR count). The van der Waals surface area contributed by atoms with Crippen LogP contribution in [0.25, 0.3) is 0 Å². The fraction of sp³-hybridized carbons (Fsp3) is 0.125. The second kappa shape index (κ2) is 4.05. The van der Waals surface area contributed by atoms with Crippen LogP contribution in [0.4, 0.5) is 0 Å². The second-order valence-corrected chi connectivity index (χ2v) is 3.94. The van der Waals surface area contributed by atoms with Crippen molar-refractivity contribution >= 4 is 51.6 Å². The Hall–Kier alpha value is 0.0500. The third-order valence-electron chi connectivity index (χ3n) is 1.62. The normalized spacial score (nSPS) is 10.2. The number of hydrogen-bond donors (Lipinski definition) is 0. The van der Waals surface area contributed by atoms with E-state index < -0.39 is 5.24 Å². The van der Waals surface area contributed by atoms with Gasteiger partial charge in [0.2, 0.25) is 0 Å². The molecule has 0 saturated heterocycles. The lowest BCUT2D eigenvalue weighted by molar-refractivity contribution is 0.108. The van der Waals surface area contributed by atoms with Crippen LogP contribution < -0.4 is 0 Å².